The van der Waals surface area contributed by atoms with Crippen molar-refractivity contribution < 1.29 is 14.3 Å². The number of nitrogens with zero attached hydrogens (tertiary/aromatic N) is 1. The molecule has 2 rings (SSSR count). The van der Waals surface area contributed by atoms with Crippen LogP contribution in [0.1, 0.15) is 40.0 Å². The molecule has 0 bridgehead atoms. The number of urea groups is 1. The molecule has 0 aromatic heterocycles. The summed E-state index contributed by atoms with van der Waals surface area (Å²) in [5.74, 6) is -0.350. The maximum Gasteiger partial charge on any atom is 0.337 e. The molecule has 2 heterocycles. The molecule has 0 radical (unpaired) electrons. The molecular weight excluding hydrogens is 270 g/mol. The zero-order valence-corrected chi connectivity index (χ0v) is 13.1. The number of carbonyl (C=O) groups is 2. The predicted molar refractivity (Wildman–Crippen MR) is 79.7 cm³/mol. The van der Waals surface area contributed by atoms with E-state index in [4.69, 9.17) is 4.74 Å². The monoisotopic (exact) mass is 295 g/mol. The average molecular weight is 295 g/mol. The Kier molecular flexibility index (Phi) is 5.22. The Labute approximate surface area is 125 Å². The zero-order valence-electron chi connectivity index (χ0n) is 13.1. The molecule has 2 atom stereocenters. The summed E-state index contributed by atoms with van der Waals surface area (Å²) in [5.41, 5.74) is 1.22. The first-order chi connectivity index (χ1) is 10.0. The van der Waals surface area contributed by atoms with Gasteiger partial charge in [0.2, 0.25) is 0 Å². The molecule has 21 heavy (non-hydrogen) atoms. The van der Waals surface area contributed by atoms with Crippen LogP contribution >= 0.6 is 0 Å². The van der Waals surface area contributed by atoms with Gasteiger partial charge in [0.05, 0.1) is 18.2 Å². The van der Waals surface area contributed by atoms with Crippen molar-refractivity contribution in [3.05, 3.63) is 11.3 Å². The minimum Gasteiger partial charge on any atom is -0.463 e. The first-order valence-corrected chi connectivity index (χ1v) is 7.74. The topological polar surface area (TPSA) is 70.7 Å². The van der Waals surface area contributed by atoms with Crippen molar-refractivity contribution in [3.63, 3.8) is 0 Å². The summed E-state index contributed by atoms with van der Waals surface area (Å²) < 4.78 is 5.13. The van der Waals surface area contributed by atoms with Crippen LogP contribution in [-0.2, 0) is 9.53 Å². The Balaban J connectivity index is 2.21. The van der Waals surface area contributed by atoms with E-state index < -0.39 is 0 Å². The van der Waals surface area contributed by atoms with Crippen LogP contribution < -0.4 is 10.6 Å². The number of likely N-dealkylation sites (tertiary alicyclic amines) is 1. The first kappa shape index (κ1) is 15.8. The van der Waals surface area contributed by atoms with Gasteiger partial charge >= 0.3 is 12.0 Å². The minimum absolute atomic E-state index is 0.254. The van der Waals surface area contributed by atoms with Crippen molar-refractivity contribution in [2.75, 3.05) is 19.7 Å². The lowest BCUT2D eigenvalue weighted by Gasteiger charge is -2.36. The van der Waals surface area contributed by atoms with E-state index in [0.29, 0.717) is 30.5 Å². The molecule has 1 saturated heterocycles. The molecule has 0 aromatic carbocycles. The van der Waals surface area contributed by atoms with Crippen LogP contribution in [0.4, 0.5) is 4.79 Å². The summed E-state index contributed by atoms with van der Waals surface area (Å²) >= 11 is 0. The summed E-state index contributed by atoms with van der Waals surface area (Å²) in [6.07, 6.45) is 3.56. The van der Waals surface area contributed by atoms with E-state index in [1.165, 1.54) is 6.42 Å². The molecule has 2 aliphatic rings. The van der Waals surface area contributed by atoms with Crippen molar-refractivity contribution in [2.24, 2.45) is 0 Å². The van der Waals surface area contributed by atoms with E-state index in [0.717, 1.165) is 19.4 Å². The average Bonchev–Trinajstić information content (AvgIpc) is 2.41. The van der Waals surface area contributed by atoms with Crippen LogP contribution in [0, 0.1) is 0 Å². The fraction of sp³-hybridized carbons (Fsp3) is 0.733. The van der Waals surface area contributed by atoms with Crippen molar-refractivity contribution in [3.8, 4) is 0 Å². The van der Waals surface area contributed by atoms with E-state index in [2.05, 4.69) is 22.5 Å². The van der Waals surface area contributed by atoms with E-state index in [-0.39, 0.29) is 18.0 Å². The second-order valence-corrected chi connectivity index (χ2v) is 5.75. The molecule has 6 heteroatoms. The second-order valence-electron chi connectivity index (χ2n) is 5.75. The van der Waals surface area contributed by atoms with E-state index >= 15 is 0 Å². The first-order valence-electron chi connectivity index (χ1n) is 7.74. The van der Waals surface area contributed by atoms with E-state index in [9.17, 15) is 9.59 Å². The molecule has 0 spiro atoms. The van der Waals surface area contributed by atoms with E-state index in [1.807, 2.05) is 6.92 Å². The lowest BCUT2D eigenvalue weighted by atomic mass is 10.0. The Bertz CT molecular complexity index is 447. The number of rotatable bonds is 4. The lowest BCUT2D eigenvalue weighted by molar-refractivity contribution is -0.139. The van der Waals surface area contributed by atoms with Crippen molar-refractivity contribution in [2.45, 2.75) is 52.1 Å². The number of hydrogen-bond acceptors (Lipinski definition) is 4. The second kappa shape index (κ2) is 6.93. The number of nitrogens with one attached hydrogen (secondary N) is 2. The summed E-state index contributed by atoms with van der Waals surface area (Å²) in [6, 6.07) is -0.111. The maximum absolute atomic E-state index is 12.2. The summed E-state index contributed by atoms with van der Waals surface area (Å²) in [5, 5.41) is 5.51. The molecule has 2 aliphatic heterocycles. The van der Waals surface area contributed by atoms with Gasteiger partial charge in [0, 0.05) is 18.3 Å². The molecule has 0 saturated carbocycles. The number of ether oxygens (including phenoxy) is 1. The standard InChI is InChI=1S/C15H25N3O3/c1-4-21-14(19)13-11(3)16-15(20)17-12(13)9-18-8-6-5-7-10(18)2/h10-11H,4-9H2,1-3H3,(H2,16,17,20). The number of hydrogen-bond donors (Lipinski definition) is 2. The molecule has 2 amide bonds. The molecular formula is C15H25N3O3. The Morgan fingerprint density at radius 3 is 2.81 bits per heavy atom. The van der Waals surface area contributed by atoms with Gasteiger partial charge in [0.15, 0.2) is 0 Å². The quantitative estimate of drug-likeness (QED) is 0.769. The van der Waals surface area contributed by atoms with Gasteiger partial charge < -0.3 is 15.4 Å². The highest BCUT2D eigenvalue weighted by Crippen LogP contribution is 2.20. The summed E-state index contributed by atoms with van der Waals surface area (Å²) in [6.45, 7) is 7.70. The third kappa shape index (κ3) is 3.75. The SMILES string of the molecule is CCOC(=O)C1=C(CN2CCCCC2C)NC(=O)NC1C. The largest absolute Gasteiger partial charge is 0.463 e. The van der Waals surface area contributed by atoms with Gasteiger partial charge in [0.25, 0.3) is 0 Å². The lowest BCUT2D eigenvalue weighted by Crippen LogP contribution is -2.52. The highest BCUT2D eigenvalue weighted by molar-refractivity contribution is 5.94. The van der Waals surface area contributed by atoms with Crippen molar-refractivity contribution >= 4 is 12.0 Å². The van der Waals surface area contributed by atoms with Crippen LogP contribution in [0.2, 0.25) is 0 Å². The number of amides is 2. The molecule has 6 nitrogen and oxygen atoms in total. The molecule has 2 unspecified atom stereocenters. The third-order valence-corrected chi connectivity index (χ3v) is 4.17. The molecule has 0 aromatic rings. The highest BCUT2D eigenvalue weighted by Gasteiger charge is 2.31. The summed E-state index contributed by atoms with van der Waals surface area (Å²) in [7, 11) is 0. The van der Waals surface area contributed by atoms with Gasteiger partial charge in [-0.05, 0) is 40.2 Å². The summed E-state index contributed by atoms with van der Waals surface area (Å²) in [4.78, 5) is 26.2. The number of piperidine rings is 1. The fourth-order valence-electron chi connectivity index (χ4n) is 3.00. The Morgan fingerprint density at radius 2 is 2.14 bits per heavy atom. The van der Waals surface area contributed by atoms with Crippen LogP contribution in [0.25, 0.3) is 0 Å². The Hall–Kier alpha value is -1.56. The molecule has 118 valence electrons. The van der Waals surface area contributed by atoms with Crippen molar-refractivity contribution in [1.82, 2.24) is 15.5 Å². The molecule has 0 aliphatic carbocycles. The zero-order chi connectivity index (χ0) is 15.4. The molecule has 2 N–H and O–H groups in total. The van der Waals surface area contributed by atoms with E-state index in [1.54, 1.807) is 6.92 Å². The van der Waals surface area contributed by atoms with Crippen LogP contribution in [0.5, 0.6) is 0 Å². The number of esters is 1. The third-order valence-electron chi connectivity index (χ3n) is 4.17. The van der Waals surface area contributed by atoms with Crippen LogP contribution in [-0.4, -0.2) is 48.7 Å². The predicted octanol–water partition coefficient (Wildman–Crippen LogP) is 1.38. The van der Waals surface area contributed by atoms with Gasteiger partial charge in [0.1, 0.15) is 0 Å². The van der Waals surface area contributed by atoms with Gasteiger partial charge in [-0.3, -0.25) is 4.90 Å². The molecule has 1 fully saturated rings. The maximum atomic E-state index is 12.2. The van der Waals surface area contributed by atoms with Crippen molar-refractivity contribution in [1.29, 1.82) is 0 Å². The van der Waals surface area contributed by atoms with Gasteiger partial charge in [-0.1, -0.05) is 6.42 Å². The smallest absolute Gasteiger partial charge is 0.337 e. The Morgan fingerprint density at radius 1 is 1.38 bits per heavy atom. The fourth-order valence-corrected chi connectivity index (χ4v) is 3.00. The highest BCUT2D eigenvalue weighted by atomic mass is 16.5. The minimum atomic E-state index is -0.350. The van der Waals surface area contributed by atoms with Gasteiger partial charge in [-0.15, -0.1) is 0 Å². The normalized spacial score (nSPS) is 27.1. The van der Waals surface area contributed by atoms with Crippen LogP contribution in [0.3, 0.4) is 0 Å². The van der Waals surface area contributed by atoms with Crippen LogP contribution in [0.15, 0.2) is 11.3 Å². The van der Waals surface area contributed by atoms with Gasteiger partial charge in [-0.25, -0.2) is 9.59 Å². The number of carbonyl (C=O) groups excluding carboxylic acids is 2. The van der Waals surface area contributed by atoms with Gasteiger partial charge in [-0.2, -0.15) is 0 Å².